The number of hydrogen-bond donors (Lipinski definition) is 0. The average Bonchev–Trinajstić information content (AvgIpc) is 3.08. The average molecular weight is 472 g/mol. The molecule has 1 unspecified atom stereocenters. The fourth-order valence-corrected chi connectivity index (χ4v) is 5.61. The minimum atomic E-state index is -3.33. The first-order valence-corrected chi connectivity index (χ1v) is 12.8. The maximum absolute atomic E-state index is 13.0. The molecule has 0 spiro atoms. The number of amides is 1. The predicted molar refractivity (Wildman–Crippen MR) is 119 cm³/mol. The highest BCUT2D eigenvalue weighted by molar-refractivity contribution is 7.88. The zero-order valence-electron chi connectivity index (χ0n) is 18.3. The molecule has 1 aromatic carbocycles. The van der Waals surface area contributed by atoms with E-state index in [1.807, 2.05) is 23.6 Å². The van der Waals surface area contributed by atoms with Crippen LogP contribution in [-0.2, 0) is 26.1 Å². The molecule has 2 aromatic rings. The van der Waals surface area contributed by atoms with Gasteiger partial charge in [-0.05, 0) is 19.8 Å². The number of hydrogen-bond acceptors (Lipinski definition) is 7. The number of sulfonamides is 1. The molecule has 1 saturated heterocycles. The van der Waals surface area contributed by atoms with Crippen molar-refractivity contribution < 1.29 is 27.4 Å². The van der Waals surface area contributed by atoms with E-state index in [9.17, 15) is 13.2 Å². The van der Waals surface area contributed by atoms with Crippen LogP contribution in [0.15, 0.2) is 17.1 Å². The first kappa shape index (κ1) is 23.7. The zero-order chi connectivity index (χ0) is 22.6. The van der Waals surface area contributed by atoms with E-state index in [0.717, 1.165) is 10.2 Å². The van der Waals surface area contributed by atoms with Gasteiger partial charge in [0.25, 0.3) is 5.91 Å². The predicted octanol–water partition coefficient (Wildman–Crippen LogP) is 1.86. The summed E-state index contributed by atoms with van der Waals surface area (Å²) >= 11 is 1.38. The van der Waals surface area contributed by atoms with Crippen LogP contribution < -0.4 is 14.3 Å². The molecule has 31 heavy (non-hydrogen) atoms. The molecule has 1 aliphatic rings. The number of rotatable bonds is 8. The van der Waals surface area contributed by atoms with Crippen LogP contribution in [0.1, 0.15) is 19.8 Å². The van der Waals surface area contributed by atoms with Crippen molar-refractivity contribution >= 4 is 37.5 Å². The van der Waals surface area contributed by atoms with Gasteiger partial charge in [0, 0.05) is 38.4 Å². The smallest absolute Gasteiger partial charge is 0.252 e. The van der Waals surface area contributed by atoms with Gasteiger partial charge in [0.1, 0.15) is 0 Å². The standard InChI is InChI=1S/C20H29N3O6S2/c1-5-29-10-9-23-15-11-16(27-2)17(28-3)12-18(15)30-20(23)21-19(24)14-7-6-8-22(13-14)31(4,25)26/h11-12,14H,5-10,13H2,1-4H3. The second kappa shape index (κ2) is 10.1. The summed E-state index contributed by atoms with van der Waals surface area (Å²) in [6.45, 7) is 4.13. The van der Waals surface area contributed by atoms with Crippen LogP contribution in [0.4, 0.5) is 0 Å². The Labute approximate surface area is 186 Å². The molecular formula is C20H29N3O6S2. The molecule has 2 heterocycles. The Balaban J connectivity index is 2.01. The van der Waals surface area contributed by atoms with Gasteiger partial charge in [0.2, 0.25) is 10.0 Å². The molecule has 1 aromatic heterocycles. The van der Waals surface area contributed by atoms with Gasteiger partial charge in [-0.3, -0.25) is 4.79 Å². The SMILES string of the molecule is CCOCCn1c(=NC(=O)C2CCCN(S(C)(=O)=O)C2)sc2cc(OC)c(OC)cc21. The highest BCUT2D eigenvalue weighted by atomic mass is 32.2. The lowest BCUT2D eigenvalue weighted by molar-refractivity contribution is -0.122. The van der Waals surface area contributed by atoms with Gasteiger partial charge in [-0.25, -0.2) is 12.7 Å². The molecule has 172 valence electrons. The molecule has 0 aliphatic carbocycles. The molecule has 9 nitrogen and oxygen atoms in total. The molecule has 1 aliphatic heterocycles. The van der Waals surface area contributed by atoms with E-state index in [2.05, 4.69) is 4.99 Å². The van der Waals surface area contributed by atoms with E-state index in [4.69, 9.17) is 14.2 Å². The Morgan fingerprint density at radius 2 is 1.97 bits per heavy atom. The van der Waals surface area contributed by atoms with Gasteiger partial charge < -0.3 is 18.8 Å². The molecule has 0 bridgehead atoms. The number of ether oxygens (including phenoxy) is 3. The Bertz CT molecular complexity index is 1110. The quantitative estimate of drug-likeness (QED) is 0.545. The number of nitrogens with zero attached hydrogens (tertiary/aromatic N) is 3. The third kappa shape index (κ3) is 5.46. The normalized spacial score (nSPS) is 18.5. The Hall–Kier alpha value is -1.95. The third-order valence-corrected chi connectivity index (χ3v) is 7.57. The van der Waals surface area contributed by atoms with E-state index < -0.39 is 15.9 Å². The minimum absolute atomic E-state index is 0.173. The summed E-state index contributed by atoms with van der Waals surface area (Å²) in [6, 6.07) is 3.73. The van der Waals surface area contributed by atoms with Crippen LogP contribution in [0.3, 0.4) is 0 Å². The van der Waals surface area contributed by atoms with E-state index in [1.165, 1.54) is 21.9 Å². The number of fused-ring (bicyclic) bond motifs is 1. The third-order valence-electron chi connectivity index (χ3n) is 5.26. The topological polar surface area (TPSA) is 99.4 Å². The maximum atomic E-state index is 13.0. The van der Waals surface area contributed by atoms with Gasteiger partial charge in [0.15, 0.2) is 16.3 Å². The Morgan fingerprint density at radius 3 is 2.61 bits per heavy atom. The maximum Gasteiger partial charge on any atom is 0.252 e. The van der Waals surface area contributed by atoms with E-state index in [-0.39, 0.29) is 12.5 Å². The molecule has 0 N–H and O–H groups in total. The van der Waals surface area contributed by atoms with Gasteiger partial charge in [-0.2, -0.15) is 4.99 Å². The number of benzene rings is 1. The van der Waals surface area contributed by atoms with Crippen LogP contribution in [0, 0.1) is 5.92 Å². The molecule has 1 amide bonds. The van der Waals surface area contributed by atoms with Crippen molar-refractivity contribution in [3.8, 4) is 11.5 Å². The number of methoxy groups -OCH3 is 2. The molecule has 0 radical (unpaired) electrons. The van der Waals surface area contributed by atoms with Gasteiger partial charge in [-0.1, -0.05) is 11.3 Å². The number of carbonyl (C=O) groups is 1. The fourth-order valence-electron chi connectivity index (χ4n) is 3.63. The Kier molecular flexibility index (Phi) is 7.73. The summed E-state index contributed by atoms with van der Waals surface area (Å²) in [5.41, 5.74) is 0.871. The van der Waals surface area contributed by atoms with Crippen molar-refractivity contribution in [2.45, 2.75) is 26.3 Å². The van der Waals surface area contributed by atoms with Gasteiger partial charge >= 0.3 is 0 Å². The van der Waals surface area contributed by atoms with Gasteiger partial charge in [-0.15, -0.1) is 0 Å². The molecule has 1 fully saturated rings. The Morgan fingerprint density at radius 1 is 1.26 bits per heavy atom. The van der Waals surface area contributed by atoms with Crippen molar-refractivity contribution in [3.63, 3.8) is 0 Å². The second-order valence-corrected chi connectivity index (χ2v) is 10.3. The number of thiazole rings is 1. The summed E-state index contributed by atoms with van der Waals surface area (Å²) in [5.74, 6) is 0.441. The largest absolute Gasteiger partial charge is 0.493 e. The molecule has 3 rings (SSSR count). The highest BCUT2D eigenvalue weighted by Gasteiger charge is 2.30. The molecule has 1 atom stereocenters. The van der Waals surface area contributed by atoms with Crippen LogP contribution in [0.5, 0.6) is 11.5 Å². The second-order valence-electron chi connectivity index (χ2n) is 7.32. The van der Waals surface area contributed by atoms with Crippen LogP contribution in [0.25, 0.3) is 10.2 Å². The molecule has 0 saturated carbocycles. The van der Waals surface area contributed by atoms with E-state index >= 15 is 0 Å². The van der Waals surface area contributed by atoms with Crippen molar-refractivity contribution in [1.29, 1.82) is 0 Å². The lowest BCUT2D eigenvalue weighted by Gasteiger charge is -2.28. The van der Waals surface area contributed by atoms with Crippen molar-refractivity contribution in [3.05, 3.63) is 16.9 Å². The summed E-state index contributed by atoms with van der Waals surface area (Å²) in [5, 5.41) is 0. The van der Waals surface area contributed by atoms with Crippen LogP contribution in [-0.4, -0.2) is 70.0 Å². The summed E-state index contributed by atoms with van der Waals surface area (Å²) < 4.78 is 44.3. The number of aromatic nitrogens is 1. The lowest BCUT2D eigenvalue weighted by Crippen LogP contribution is -2.41. The summed E-state index contributed by atoms with van der Waals surface area (Å²) in [7, 11) is -0.181. The van der Waals surface area contributed by atoms with E-state index in [1.54, 1.807) is 14.2 Å². The van der Waals surface area contributed by atoms with Crippen LogP contribution in [0.2, 0.25) is 0 Å². The minimum Gasteiger partial charge on any atom is -0.493 e. The zero-order valence-corrected chi connectivity index (χ0v) is 19.9. The van der Waals surface area contributed by atoms with E-state index in [0.29, 0.717) is 55.4 Å². The highest BCUT2D eigenvalue weighted by Crippen LogP contribution is 2.33. The van der Waals surface area contributed by atoms with Crippen molar-refractivity contribution in [1.82, 2.24) is 8.87 Å². The van der Waals surface area contributed by atoms with Crippen molar-refractivity contribution in [2.75, 3.05) is 46.8 Å². The monoisotopic (exact) mass is 471 g/mol. The first-order valence-electron chi connectivity index (χ1n) is 10.1. The number of piperidine rings is 1. The lowest BCUT2D eigenvalue weighted by atomic mass is 9.99. The number of carbonyl (C=O) groups excluding carboxylic acids is 1. The van der Waals surface area contributed by atoms with Gasteiger partial charge in [0.05, 0.1) is 43.2 Å². The molecular weight excluding hydrogens is 442 g/mol. The fraction of sp³-hybridized carbons (Fsp3) is 0.600. The summed E-state index contributed by atoms with van der Waals surface area (Å²) in [6.07, 6.45) is 2.44. The first-order chi connectivity index (χ1) is 14.8. The van der Waals surface area contributed by atoms with Crippen molar-refractivity contribution in [2.24, 2.45) is 10.9 Å². The molecule has 11 heteroatoms. The summed E-state index contributed by atoms with van der Waals surface area (Å²) in [4.78, 5) is 17.9. The van der Waals surface area contributed by atoms with Crippen LogP contribution >= 0.6 is 11.3 Å².